The first-order valence-corrected chi connectivity index (χ1v) is 6.49. The minimum absolute atomic E-state index is 0.468. The smallest absolute Gasteiger partial charge is 0.225 e. The van der Waals surface area contributed by atoms with E-state index in [4.69, 9.17) is 5.73 Å². The fourth-order valence-electron chi connectivity index (χ4n) is 2.55. The minimum Gasteiger partial charge on any atom is -0.340 e. The number of anilines is 1. The van der Waals surface area contributed by atoms with Crippen molar-refractivity contribution in [1.29, 1.82) is 0 Å². The molecule has 0 unspecified atom stereocenters. The number of hydrogen-bond donors (Lipinski definition) is 1. The molecule has 0 radical (unpaired) electrons. The van der Waals surface area contributed by atoms with E-state index in [1.165, 1.54) is 19.3 Å². The van der Waals surface area contributed by atoms with Crippen LogP contribution in [-0.4, -0.2) is 23.1 Å². The third-order valence-electron chi connectivity index (χ3n) is 4.15. The lowest BCUT2D eigenvalue weighted by Gasteiger charge is -2.26. The number of aromatic nitrogens is 2. The summed E-state index contributed by atoms with van der Waals surface area (Å²) in [5.41, 5.74) is 7.00. The summed E-state index contributed by atoms with van der Waals surface area (Å²) in [6.07, 6.45) is 7.39. The van der Waals surface area contributed by atoms with Gasteiger partial charge in [0.05, 0.1) is 0 Å². The molecule has 1 aliphatic heterocycles. The van der Waals surface area contributed by atoms with Crippen LogP contribution in [0, 0.1) is 5.41 Å². The highest BCUT2D eigenvalue weighted by Crippen LogP contribution is 2.37. The van der Waals surface area contributed by atoms with Gasteiger partial charge in [0.25, 0.3) is 0 Å². The molecule has 1 saturated heterocycles. The first-order chi connectivity index (χ1) is 8.23. The topological polar surface area (TPSA) is 55.0 Å². The first kappa shape index (κ1) is 12.3. The number of rotatable bonds is 4. The standard InChI is InChI=1S/C13H22N4/c1-3-13(4-2)5-6-17(10-13)12-15-8-11(7-14)9-16-12/h8-9H,3-7,10,14H2,1-2H3. The van der Waals surface area contributed by atoms with Crippen molar-refractivity contribution >= 4 is 5.95 Å². The van der Waals surface area contributed by atoms with E-state index in [1.54, 1.807) is 0 Å². The lowest BCUT2D eigenvalue weighted by atomic mass is 9.82. The molecule has 17 heavy (non-hydrogen) atoms. The van der Waals surface area contributed by atoms with Gasteiger partial charge >= 0.3 is 0 Å². The van der Waals surface area contributed by atoms with E-state index in [1.807, 2.05) is 12.4 Å². The molecule has 0 saturated carbocycles. The molecule has 2 heterocycles. The van der Waals surface area contributed by atoms with Crippen LogP contribution in [0.1, 0.15) is 38.7 Å². The molecule has 0 aromatic carbocycles. The molecule has 0 bridgehead atoms. The van der Waals surface area contributed by atoms with E-state index in [-0.39, 0.29) is 0 Å². The quantitative estimate of drug-likeness (QED) is 0.865. The monoisotopic (exact) mass is 234 g/mol. The fourth-order valence-corrected chi connectivity index (χ4v) is 2.55. The molecule has 1 aromatic rings. The summed E-state index contributed by atoms with van der Waals surface area (Å²) in [7, 11) is 0. The highest BCUT2D eigenvalue weighted by atomic mass is 15.3. The average Bonchev–Trinajstić information content (AvgIpc) is 2.84. The Morgan fingerprint density at radius 2 is 1.94 bits per heavy atom. The zero-order valence-electron chi connectivity index (χ0n) is 10.8. The van der Waals surface area contributed by atoms with E-state index in [0.29, 0.717) is 12.0 Å². The van der Waals surface area contributed by atoms with E-state index in [2.05, 4.69) is 28.7 Å². The lowest BCUT2D eigenvalue weighted by Crippen LogP contribution is -2.27. The Bertz CT molecular complexity index is 356. The van der Waals surface area contributed by atoms with Crippen LogP contribution in [0.25, 0.3) is 0 Å². The van der Waals surface area contributed by atoms with E-state index in [9.17, 15) is 0 Å². The Labute approximate surface area is 103 Å². The normalized spacial score (nSPS) is 18.6. The molecule has 1 aromatic heterocycles. The molecule has 0 aliphatic carbocycles. The molecule has 0 amide bonds. The van der Waals surface area contributed by atoms with Gasteiger partial charge in [-0.15, -0.1) is 0 Å². The average molecular weight is 234 g/mol. The summed E-state index contributed by atoms with van der Waals surface area (Å²) in [6, 6.07) is 0. The molecule has 4 heteroatoms. The molecule has 1 fully saturated rings. The van der Waals surface area contributed by atoms with Gasteiger partial charge in [0.1, 0.15) is 0 Å². The fraction of sp³-hybridized carbons (Fsp3) is 0.692. The zero-order chi connectivity index (χ0) is 12.3. The van der Waals surface area contributed by atoms with Crippen molar-refractivity contribution in [2.24, 2.45) is 11.1 Å². The third-order valence-corrected chi connectivity index (χ3v) is 4.15. The summed E-state index contributed by atoms with van der Waals surface area (Å²) in [5, 5.41) is 0. The Morgan fingerprint density at radius 1 is 1.29 bits per heavy atom. The highest BCUT2D eigenvalue weighted by Gasteiger charge is 2.35. The highest BCUT2D eigenvalue weighted by molar-refractivity contribution is 5.32. The molecule has 0 atom stereocenters. The summed E-state index contributed by atoms with van der Waals surface area (Å²) in [6.45, 7) is 7.23. The number of nitrogens with two attached hydrogens (primary N) is 1. The van der Waals surface area contributed by atoms with Crippen molar-refractivity contribution in [3.8, 4) is 0 Å². The van der Waals surface area contributed by atoms with Crippen molar-refractivity contribution < 1.29 is 0 Å². The van der Waals surface area contributed by atoms with Crippen LogP contribution in [-0.2, 0) is 6.54 Å². The SMILES string of the molecule is CCC1(CC)CCN(c2ncc(CN)cn2)C1. The second-order valence-corrected chi connectivity index (χ2v) is 4.97. The van der Waals surface area contributed by atoms with Gasteiger partial charge in [0, 0.05) is 37.6 Å². The Kier molecular flexibility index (Phi) is 3.62. The van der Waals surface area contributed by atoms with Gasteiger partial charge in [-0.25, -0.2) is 9.97 Å². The Hall–Kier alpha value is -1.16. The summed E-state index contributed by atoms with van der Waals surface area (Å²) in [4.78, 5) is 11.1. The summed E-state index contributed by atoms with van der Waals surface area (Å²) >= 11 is 0. The van der Waals surface area contributed by atoms with E-state index >= 15 is 0 Å². The molecule has 1 aliphatic rings. The van der Waals surface area contributed by atoms with Crippen molar-refractivity contribution in [2.45, 2.75) is 39.7 Å². The summed E-state index contributed by atoms with van der Waals surface area (Å²) in [5.74, 6) is 0.853. The maximum Gasteiger partial charge on any atom is 0.225 e. The Morgan fingerprint density at radius 3 is 2.41 bits per heavy atom. The molecule has 4 nitrogen and oxygen atoms in total. The molecule has 94 valence electrons. The minimum atomic E-state index is 0.468. The second kappa shape index (κ2) is 5.00. The number of hydrogen-bond acceptors (Lipinski definition) is 4. The van der Waals surface area contributed by atoms with Gasteiger partial charge in [-0.2, -0.15) is 0 Å². The van der Waals surface area contributed by atoms with Crippen LogP contribution < -0.4 is 10.6 Å². The van der Waals surface area contributed by atoms with Gasteiger partial charge in [-0.1, -0.05) is 13.8 Å². The van der Waals surface area contributed by atoms with Crippen molar-refractivity contribution in [1.82, 2.24) is 9.97 Å². The van der Waals surface area contributed by atoms with Crippen molar-refractivity contribution in [3.63, 3.8) is 0 Å². The molecular weight excluding hydrogens is 212 g/mol. The predicted molar refractivity (Wildman–Crippen MR) is 69.8 cm³/mol. The van der Waals surface area contributed by atoms with Crippen LogP contribution in [0.2, 0.25) is 0 Å². The zero-order valence-corrected chi connectivity index (χ0v) is 10.8. The van der Waals surface area contributed by atoms with E-state index in [0.717, 1.165) is 24.6 Å². The van der Waals surface area contributed by atoms with Gasteiger partial charge in [0.2, 0.25) is 5.95 Å². The van der Waals surface area contributed by atoms with Gasteiger partial charge < -0.3 is 10.6 Å². The molecule has 0 spiro atoms. The van der Waals surface area contributed by atoms with Gasteiger partial charge in [0.15, 0.2) is 0 Å². The number of nitrogens with zero attached hydrogens (tertiary/aromatic N) is 3. The van der Waals surface area contributed by atoms with Crippen LogP contribution in [0.5, 0.6) is 0 Å². The van der Waals surface area contributed by atoms with Crippen LogP contribution in [0.15, 0.2) is 12.4 Å². The maximum atomic E-state index is 5.55. The van der Waals surface area contributed by atoms with Crippen LogP contribution in [0.3, 0.4) is 0 Å². The third kappa shape index (κ3) is 2.41. The maximum absolute atomic E-state index is 5.55. The summed E-state index contributed by atoms with van der Waals surface area (Å²) < 4.78 is 0. The second-order valence-electron chi connectivity index (χ2n) is 4.97. The first-order valence-electron chi connectivity index (χ1n) is 6.49. The predicted octanol–water partition coefficient (Wildman–Crippen LogP) is 1.95. The van der Waals surface area contributed by atoms with Crippen molar-refractivity contribution in [3.05, 3.63) is 18.0 Å². The largest absolute Gasteiger partial charge is 0.340 e. The Balaban J connectivity index is 2.09. The van der Waals surface area contributed by atoms with Gasteiger partial charge in [-0.3, -0.25) is 0 Å². The molecular formula is C13H22N4. The van der Waals surface area contributed by atoms with Gasteiger partial charge in [-0.05, 0) is 24.7 Å². The molecule has 2 rings (SSSR count). The van der Waals surface area contributed by atoms with Crippen LogP contribution in [0.4, 0.5) is 5.95 Å². The van der Waals surface area contributed by atoms with Crippen molar-refractivity contribution in [2.75, 3.05) is 18.0 Å². The van der Waals surface area contributed by atoms with Crippen LogP contribution >= 0.6 is 0 Å². The van der Waals surface area contributed by atoms with E-state index < -0.39 is 0 Å². The lowest BCUT2D eigenvalue weighted by molar-refractivity contribution is 0.301. The molecule has 2 N–H and O–H groups in total.